The molecule has 29 heavy (non-hydrogen) atoms. The molecule has 0 radical (unpaired) electrons. The first-order chi connectivity index (χ1) is 14.2. The summed E-state index contributed by atoms with van der Waals surface area (Å²) in [5, 5.41) is 15.6. The van der Waals surface area contributed by atoms with E-state index in [9.17, 15) is 9.18 Å². The number of thiophene rings is 1. The zero-order valence-electron chi connectivity index (χ0n) is 15.9. The summed E-state index contributed by atoms with van der Waals surface area (Å²) in [4.78, 5) is 12.6. The van der Waals surface area contributed by atoms with Crippen LogP contribution in [0.1, 0.15) is 23.5 Å². The van der Waals surface area contributed by atoms with E-state index in [1.54, 1.807) is 23.5 Å². The van der Waals surface area contributed by atoms with Gasteiger partial charge in [0.15, 0.2) is 5.76 Å². The third-order valence-corrected chi connectivity index (χ3v) is 5.09. The number of aliphatic hydroxyl groups is 1. The number of halogens is 1. The van der Waals surface area contributed by atoms with Gasteiger partial charge in [-0.3, -0.25) is 4.79 Å². The zero-order valence-corrected chi connectivity index (χ0v) is 16.7. The Labute approximate surface area is 172 Å². The molecule has 0 spiro atoms. The molecule has 2 heterocycles. The van der Waals surface area contributed by atoms with Crippen LogP contribution in [0.4, 0.5) is 4.39 Å². The Hall–Kier alpha value is -2.26. The van der Waals surface area contributed by atoms with Crippen LogP contribution in [0.15, 0.2) is 52.9 Å². The van der Waals surface area contributed by atoms with Gasteiger partial charge in [-0.1, -0.05) is 12.1 Å². The van der Waals surface area contributed by atoms with Crippen LogP contribution in [0.2, 0.25) is 0 Å². The highest BCUT2D eigenvalue weighted by atomic mass is 32.1. The molecule has 1 aliphatic heterocycles. The van der Waals surface area contributed by atoms with Crippen molar-refractivity contribution in [2.45, 2.75) is 25.2 Å². The number of ether oxygens (including phenoxy) is 3. The zero-order chi connectivity index (χ0) is 20.5. The summed E-state index contributed by atoms with van der Waals surface area (Å²) in [5.74, 6) is -0.458. The molecule has 0 saturated heterocycles. The molecule has 0 bridgehead atoms. The molecule has 0 aliphatic carbocycles. The van der Waals surface area contributed by atoms with E-state index < -0.39 is 6.29 Å². The number of hydrogen-bond acceptors (Lipinski definition) is 6. The fourth-order valence-corrected chi connectivity index (χ4v) is 3.64. The normalized spacial score (nSPS) is 18.8. The van der Waals surface area contributed by atoms with Crippen molar-refractivity contribution in [2.75, 3.05) is 26.4 Å². The van der Waals surface area contributed by atoms with Gasteiger partial charge in [-0.05, 0) is 46.2 Å². The first-order valence-corrected chi connectivity index (χ1v) is 10.3. The Morgan fingerprint density at radius 1 is 1.24 bits per heavy atom. The Morgan fingerprint density at radius 2 is 2.07 bits per heavy atom. The van der Waals surface area contributed by atoms with Gasteiger partial charge in [0.1, 0.15) is 5.82 Å². The van der Waals surface area contributed by atoms with E-state index in [1.807, 2.05) is 22.9 Å². The molecule has 1 aliphatic rings. The number of benzene rings is 1. The van der Waals surface area contributed by atoms with E-state index >= 15 is 0 Å². The van der Waals surface area contributed by atoms with Gasteiger partial charge in [0.25, 0.3) is 5.91 Å². The quantitative estimate of drug-likeness (QED) is 0.577. The Bertz CT molecular complexity index is 794. The van der Waals surface area contributed by atoms with Crippen LogP contribution in [-0.2, 0) is 25.5 Å². The van der Waals surface area contributed by atoms with E-state index in [0.29, 0.717) is 19.6 Å². The maximum atomic E-state index is 13.0. The van der Waals surface area contributed by atoms with Crippen molar-refractivity contribution in [3.63, 3.8) is 0 Å². The lowest BCUT2D eigenvalue weighted by Gasteiger charge is -2.29. The van der Waals surface area contributed by atoms with Crippen molar-refractivity contribution in [2.24, 2.45) is 0 Å². The number of rotatable bonds is 10. The van der Waals surface area contributed by atoms with Gasteiger partial charge in [-0.25, -0.2) is 4.39 Å². The van der Waals surface area contributed by atoms with Crippen molar-refractivity contribution in [3.8, 4) is 0 Å². The second-order valence-electron chi connectivity index (χ2n) is 6.49. The lowest BCUT2D eigenvalue weighted by Crippen LogP contribution is -2.33. The van der Waals surface area contributed by atoms with Crippen LogP contribution in [0, 0.1) is 5.82 Å². The predicted molar refractivity (Wildman–Crippen MR) is 107 cm³/mol. The summed E-state index contributed by atoms with van der Waals surface area (Å²) in [6, 6.07) is 7.98. The van der Waals surface area contributed by atoms with Gasteiger partial charge >= 0.3 is 0 Å². The average molecular weight is 421 g/mol. The maximum Gasteiger partial charge on any atom is 0.286 e. The minimum absolute atomic E-state index is 0.00457. The number of nitrogens with one attached hydrogen (secondary N) is 1. The molecule has 0 fully saturated rings. The fourth-order valence-electron chi connectivity index (χ4n) is 2.91. The lowest BCUT2D eigenvalue weighted by molar-refractivity contribution is -0.151. The van der Waals surface area contributed by atoms with Crippen molar-refractivity contribution in [3.05, 3.63) is 69.9 Å². The Balaban J connectivity index is 1.60. The Kier molecular flexibility index (Phi) is 8.18. The molecular formula is C21H24FNO5S. The van der Waals surface area contributed by atoms with E-state index in [0.717, 1.165) is 11.1 Å². The summed E-state index contributed by atoms with van der Waals surface area (Å²) < 4.78 is 29.7. The predicted octanol–water partition coefficient (Wildman–Crippen LogP) is 2.94. The number of hydrogen-bond donors (Lipinski definition) is 2. The molecule has 1 aromatic heterocycles. The molecule has 6 nitrogen and oxygen atoms in total. The van der Waals surface area contributed by atoms with Crippen LogP contribution in [0.3, 0.4) is 0 Å². The first kappa shape index (κ1) is 21.4. The summed E-state index contributed by atoms with van der Waals surface area (Å²) in [7, 11) is 0. The summed E-state index contributed by atoms with van der Waals surface area (Å²) in [6.07, 6.45) is 1.82. The van der Waals surface area contributed by atoms with Gasteiger partial charge in [0.05, 0.1) is 26.4 Å². The molecule has 2 aromatic rings. The number of amides is 1. The van der Waals surface area contributed by atoms with Gasteiger partial charge in [0, 0.05) is 18.9 Å². The molecule has 156 valence electrons. The third kappa shape index (κ3) is 6.64. The monoisotopic (exact) mass is 421 g/mol. The minimum Gasteiger partial charge on any atom is -0.459 e. The molecule has 2 N–H and O–H groups in total. The largest absolute Gasteiger partial charge is 0.459 e. The smallest absolute Gasteiger partial charge is 0.286 e. The number of carbonyl (C=O) groups excluding carboxylic acids is 1. The average Bonchev–Trinajstić information content (AvgIpc) is 3.28. The molecule has 2 atom stereocenters. The topological polar surface area (TPSA) is 77.0 Å². The molecule has 0 unspecified atom stereocenters. The maximum absolute atomic E-state index is 13.0. The standard InChI is InChI=1S/C21H24FNO5S/c22-18-3-1-15(2-4-18)13-23-21(25)19-11-17(16-5-10-29-14-16)12-20(28-19)27-9-8-26-7-6-24/h1-5,10-11,14,17,20,24H,6-9,12-13H2,(H,23,25)/t17-,20+/m1/s1. The Morgan fingerprint density at radius 3 is 2.79 bits per heavy atom. The lowest BCUT2D eigenvalue weighted by atomic mass is 9.95. The van der Waals surface area contributed by atoms with Gasteiger partial charge < -0.3 is 24.6 Å². The van der Waals surface area contributed by atoms with Crippen LogP contribution in [0.5, 0.6) is 0 Å². The highest BCUT2D eigenvalue weighted by Gasteiger charge is 2.28. The van der Waals surface area contributed by atoms with Crippen LogP contribution >= 0.6 is 11.3 Å². The minimum atomic E-state index is -0.575. The highest BCUT2D eigenvalue weighted by Crippen LogP contribution is 2.32. The van der Waals surface area contributed by atoms with E-state index in [4.69, 9.17) is 19.3 Å². The second kappa shape index (κ2) is 11.1. The molecule has 1 aromatic carbocycles. The molecule has 3 rings (SSSR count). The first-order valence-electron chi connectivity index (χ1n) is 9.39. The van der Waals surface area contributed by atoms with E-state index in [2.05, 4.69) is 5.32 Å². The highest BCUT2D eigenvalue weighted by molar-refractivity contribution is 7.08. The molecule has 8 heteroatoms. The SMILES string of the molecule is O=C(NCc1ccc(F)cc1)C1=C[C@@H](c2ccsc2)C[C@@H](OCCOCCO)O1. The van der Waals surface area contributed by atoms with E-state index in [-0.39, 0.29) is 43.2 Å². The van der Waals surface area contributed by atoms with Crippen molar-refractivity contribution < 1.29 is 28.5 Å². The summed E-state index contributed by atoms with van der Waals surface area (Å²) in [6.45, 7) is 1.11. The summed E-state index contributed by atoms with van der Waals surface area (Å²) in [5.41, 5.74) is 1.90. The van der Waals surface area contributed by atoms with Gasteiger partial charge in [-0.15, -0.1) is 0 Å². The van der Waals surface area contributed by atoms with E-state index in [1.165, 1.54) is 12.1 Å². The molecule has 1 amide bonds. The van der Waals surface area contributed by atoms with Gasteiger partial charge in [-0.2, -0.15) is 11.3 Å². The molecular weight excluding hydrogens is 397 g/mol. The summed E-state index contributed by atoms with van der Waals surface area (Å²) >= 11 is 1.59. The number of aliphatic hydroxyl groups excluding tert-OH is 1. The number of allylic oxidation sites excluding steroid dienone is 1. The second-order valence-corrected chi connectivity index (χ2v) is 7.27. The van der Waals surface area contributed by atoms with Crippen LogP contribution in [-0.4, -0.2) is 43.7 Å². The van der Waals surface area contributed by atoms with Crippen molar-refractivity contribution >= 4 is 17.2 Å². The number of carbonyl (C=O) groups is 1. The molecule has 0 saturated carbocycles. The van der Waals surface area contributed by atoms with Crippen molar-refractivity contribution in [1.82, 2.24) is 5.32 Å². The fraction of sp³-hybridized carbons (Fsp3) is 0.381. The van der Waals surface area contributed by atoms with Crippen LogP contribution in [0.25, 0.3) is 0 Å². The van der Waals surface area contributed by atoms with Crippen molar-refractivity contribution in [1.29, 1.82) is 0 Å². The third-order valence-electron chi connectivity index (χ3n) is 4.39. The van der Waals surface area contributed by atoms with Gasteiger partial charge in [0.2, 0.25) is 6.29 Å². The van der Waals surface area contributed by atoms with Crippen LogP contribution < -0.4 is 5.32 Å².